The molecule has 0 bridgehead atoms. The molecule has 2 N–H and O–H groups in total. The number of carbonyl (C=O) groups excluding carboxylic acids is 1. The molecule has 0 unspecified atom stereocenters. The summed E-state index contributed by atoms with van der Waals surface area (Å²) in [5.41, 5.74) is 1.25. The molecule has 1 aliphatic rings. The lowest BCUT2D eigenvalue weighted by molar-refractivity contribution is -0.126. The normalized spacial score (nSPS) is 21.1. The zero-order chi connectivity index (χ0) is 12.1. The van der Waals surface area contributed by atoms with Crippen molar-refractivity contribution in [2.75, 3.05) is 26.7 Å². The van der Waals surface area contributed by atoms with Crippen LogP contribution in [0.3, 0.4) is 0 Å². The predicted octanol–water partition coefficient (Wildman–Crippen LogP) is 0.206. The molecule has 0 spiro atoms. The van der Waals surface area contributed by atoms with Gasteiger partial charge in [0.05, 0.1) is 0 Å². The van der Waals surface area contributed by atoms with Gasteiger partial charge in [-0.3, -0.25) is 9.69 Å². The maximum Gasteiger partial charge on any atom is 0.238 e. The van der Waals surface area contributed by atoms with E-state index in [4.69, 9.17) is 0 Å². The average molecular weight is 233 g/mol. The van der Waals surface area contributed by atoms with E-state index in [1.807, 2.05) is 18.2 Å². The van der Waals surface area contributed by atoms with Crippen LogP contribution in [0.4, 0.5) is 0 Å². The fraction of sp³-hybridized carbons (Fsp3) is 0.462. The standard InChI is InChI=1S/C13H19N3O/c1-14-13(17)12-9-15-7-8-16(12)10-11-5-3-2-4-6-11/h2-6,12,15H,7-10H2,1H3,(H,14,17)/t12-/m0/s1. The number of nitrogens with one attached hydrogen (secondary N) is 2. The molecule has 17 heavy (non-hydrogen) atoms. The monoisotopic (exact) mass is 233 g/mol. The van der Waals surface area contributed by atoms with Gasteiger partial charge in [0, 0.05) is 33.2 Å². The molecular weight excluding hydrogens is 214 g/mol. The minimum absolute atomic E-state index is 0.0612. The lowest BCUT2D eigenvalue weighted by Gasteiger charge is -2.34. The third-order valence-corrected chi connectivity index (χ3v) is 3.13. The van der Waals surface area contributed by atoms with Gasteiger partial charge < -0.3 is 10.6 Å². The minimum Gasteiger partial charge on any atom is -0.358 e. The topological polar surface area (TPSA) is 44.4 Å². The summed E-state index contributed by atoms with van der Waals surface area (Å²) in [6.07, 6.45) is 0. The number of rotatable bonds is 3. The molecule has 0 aromatic heterocycles. The van der Waals surface area contributed by atoms with Crippen LogP contribution in [0.2, 0.25) is 0 Å². The van der Waals surface area contributed by atoms with Gasteiger partial charge in [-0.15, -0.1) is 0 Å². The summed E-state index contributed by atoms with van der Waals surface area (Å²) < 4.78 is 0. The first kappa shape index (κ1) is 12.1. The highest BCUT2D eigenvalue weighted by molar-refractivity contribution is 5.81. The molecule has 2 rings (SSSR count). The van der Waals surface area contributed by atoms with E-state index in [1.165, 1.54) is 5.56 Å². The van der Waals surface area contributed by atoms with Crippen molar-refractivity contribution < 1.29 is 4.79 Å². The number of hydrogen-bond donors (Lipinski definition) is 2. The molecule has 4 nitrogen and oxygen atoms in total. The lowest BCUT2D eigenvalue weighted by Crippen LogP contribution is -2.56. The van der Waals surface area contributed by atoms with E-state index in [-0.39, 0.29) is 11.9 Å². The third-order valence-electron chi connectivity index (χ3n) is 3.13. The molecule has 1 aromatic rings. The number of piperazine rings is 1. The average Bonchev–Trinajstić information content (AvgIpc) is 2.40. The zero-order valence-electron chi connectivity index (χ0n) is 10.1. The largest absolute Gasteiger partial charge is 0.358 e. The Hall–Kier alpha value is -1.39. The maximum atomic E-state index is 11.8. The maximum absolute atomic E-state index is 11.8. The second-order valence-electron chi connectivity index (χ2n) is 4.29. The van der Waals surface area contributed by atoms with E-state index in [0.29, 0.717) is 0 Å². The van der Waals surface area contributed by atoms with Gasteiger partial charge >= 0.3 is 0 Å². The molecule has 1 atom stereocenters. The van der Waals surface area contributed by atoms with E-state index in [1.54, 1.807) is 7.05 Å². The highest BCUT2D eigenvalue weighted by Gasteiger charge is 2.27. The van der Waals surface area contributed by atoms with Crippen molar-refractivity contribution in [2.45, 2.75) is 12.6 Å². The summed E-state index contributed by atoms with van der Waals surface area (Å²) in [5.74, 6) is 0.0909. The van der Waals surface area contributed by atoms with Gasteiger partial charge in [-0.2, -0.15) is 0 Å². The van der Waals surface area contributed by atoms with Gasteiger partial charge in [-0.05, 0) is 5.56 Å². The van der Waals surface area contributed by atoms with Crippen LogP contribution < -0.4 is 10.6 Å². The number of nitrogens with zero attached hydrogens (tertiary/aromatic N) is 1. The van der Waals surface area contributed by atoms with Gasteiger partial charge in [-0.1, -0.05) is 30.3 Å². The summed E-state index contributed by atoms with van der Waals surface area (Å²) in [5, 5.41) is 5.99. The first-order valence-electron chi connectivity index (χ1n) is 6.01. The van der Waals surface area contributed by atoms with Crippen LogP contribution in [-0.2, 0) is 11.3 Å². The van der Waals surface area contributed by atoms with Crippen LogP contribution in [-0.4, -0.2) is 43.5 Å². The fourth-order valence-electron chi connectivity index (χ4n) is 2.18. The van der Waals surface area contributed by atoms with Crippen LogP contribution in [0.1, 0.15) is 5.56 Å². The summed E-state index contributed by atoms with van der Waals surface area (Å²) in [6, 6.07) is 10.2. The predicted molar refractivity (Wildman–Crippen MR) is 67.6 cm³/mol. The molecule has 0 saturated carbocycles. The Morgan fingerprint density at radius 1 is 1.47 bits per heavy atom. The molecule has 4 heteroatoms. The Kier molecular flexibility index (Phi) is 4.12. The SMILES string of the molecule is CNC(=O)[C@@H]1CNCCN1Cc1ccccc1. The van der Waals surface area contributed by atoms with E-state index in [0.717, 1.165) is 26.2 Å². The Bertz CT molecular complexity index is 366. The molecule has 1 aromatic carbocycles. The Morgan fingerprint density at radius 3 is 2.94 bits per heavy atom. The summed E-state index contributed by atoms with van der Waals surface area (Å²) >= 11 is 0. The van der Waals surface area contributed by atoms with Crippen LogP contribution in [0.15, 0.2) is 30.3 Å². The van der Waals surface area contributed by atoms with Crippen molar-refractivity contribution in [3.8, 4) is 0 Å². The van der Waals surface area contributed by atoms with Gasteiger partial charge in [0.15, 0.2) is 0 Å². The van der Waals surface area contributed by atoms with Gasteiger partial charge in [0.2, 0.25) is 5.91 Å². The molecular formula is C13H19N3O. The molecule has 1 amide bonds. The smallest absolute Gasteiger partial charge is 0.238 e. The highest BCUT2D eigenvalue weighted by atomic mass is 16.2. The molecule has 1 heterocycles. The number of carbonyl (C=O) groups is 1. The molecule has 1 saturated heterocycles. The molecule has 0 radical (unpaired) electrons. The minimum atomic E-state index is -0.0612. The first-order valence-corrected chi connectivity index (χ1v) is 6.01. The van der Waals surface area contributed by atoms with E-state index in [9.17, 15) is 4.79 Å². The lowest BCUT2D eigenvalue weighted by atomic mass is 10.1. The fourth-order valence-corrected chi connectivity index (χ4v) is 2.18. The van der Waals surface area contributed by atoms with Crippen molar-refractivity contribution >= 4 is 5.91 Å². The first-order chi connectivity index (χ1) is 8.31. The van der Waals surface area contributed by atoms with E-state index >= 15 is 0 Å². The number of amides is 1. The van der Waals surface area contributed by atoms with Crippen molar-refractivity contribution in [2.24, 2.45) is 0 Å². The van der Waals surface area contributed by atoms with Crippen LogP contribution in [0.25, 0.3) is 0 Å². The zero-order valence-corrected chi connectivity index (χ0v) is 10.1. The molecule has 92 valence electrons. The number of benzene rings is 1. The van der Waals surface area contributed by atoms with Gasteiger partial charge in [-0.25, -0.2) is 0 Å². The van der Waals surface area contributed by atoms with E-state index < -0.39 is 0 Å². The van der Waals surface area contributed by atoms with E-state index in [2.05, 4.69) is 27.7 Å². The van der Waals surface area contributed by atoms with Crippen molar-refractivity contribution in [3.63, 3.8) is 0 Å². The number of likely N-dealkylation sites (N-methyl/N-ethyl adjacent to an activating group) is 1. The number of hydrogen-bond acceptors (Lipinski definition) is 3. The second-order valence-corrected chi connectivity index (χ2v) is 4.29. The highest BCUT2D eigenvalue weighted by Crippen LogP contribution is 2.10. The second kappa shape index (κ2) is 5.80. The van der Waals surface area contributed by atoms with Crippen LogP contribution >= 0.6 is 0 Å². The Labute approximate surface area is 102 Å². The molecule has 1 fully saturated rings. The Balaban J connectivity index is 2.04. The summed E-state index contributed by atoms with van der Waals surface area (Å²) in [7, 11) is 1.69. The van der Waals surface area contributed by atoms with Crippen LogP contribution in [0.5, 0.6) is 0 Å². The van der Waals surface area contributed by atoms with Gasteiger partial charge in [0.25, 0.3) is 0 Å². The summed E-state index contributed by atoms with van der Waals surface area (Å²) in [6.45, 7) is 3.42. The van der Waals surface area contributed by atoms with Crippen molar-refractivity contribution in [1.29, 1.82) is 0 Å². The van der Waals surface area contributed by atoms with Crippen molar-refractivity contribution in [3.05, 3.63) is 35.9 Å². The molecule has 0 aliphatic carbocycles. The Morgan fingerprint density at radius 2 is 2.24 bits per heavy atom. The summed E-state index contributed by atoms with van der Waals surface area (Å²) in [4.78, 5) is 14.0. The van der Waals surface area contributed by atoms with Gasteiger partial charge in [0.1, 0.15) is 6.04 Å². The third kappa shape index (κ3) is 3.05. The molecule has 1 aliphatic heterocycles. The van der Waals surface area contributed by atoms with Crippen molar-refractivity contribution in [1.82, 2.24) is 15.5 Å². The van der Waals surface area contributed by atoms with Crippen LogP contribution in [0, 0.1) is 0 Å². The quantitative estimate of drug-likeness (QED) is 0.784.